The molecule has 24 heavy (non-hydrogen) atoms. The summed E-state index contributed by atoms with van der Waals surface area (Å²) in [6, 6.07) is 11.2. The van der Waals surface area contributed by atoms with Crippen LogP contribution < -0.4 is 5.32 Å². The summed E-state index contributed by atoms with van der Waals surface area (Å²) in [6.45, 7) is 3.92. The number of hydrogen-bond donors (Lipinski definition) is 2. The van der Waals surface area contributed by atoms with E-state index in [1.807, 2.05) is 49.6 Å². The van der Waals surface area contributed by atoms with Gasteiger partial charge in [0.15, 0.2) is 0 Å². The number of hydrogen-bond acceptors (Lipinski definition) is 4. The Hall–Kier alpha value is -2.37. The lowest BCUT2D eigenvalue weighted by Gasteiger charge is -2.26. The minimum atomic E-state index is -1.31. The topological polar surface area (TPSA) is 62.5 Å². The Morgan fingerprint density at radius 2 is 2.12 bits per heavy atom. The van der Waals surface area contributed by atoms with Gasteiger partial charge in [-0.1, -0.05) is 23.8 Å². The number of nitrogens with one attached hydrogen (secondary N) is 1. The van der Waals surface area contributed by atoms with Gasteiger partial charge in [-0.25, -0.2) is 0 Å². The first-order valence-electron chi connectivity index (χ1n) is 7.65. The molecule has 0 bridgehead atoms. The summed E-state index contributed by atoms with van der Waals surface area (Å²) < 4.78 is 5.12. The molecule has 1 atom stereocenters. The fourth-order valence-electron chi connectivity index (χ4n) is 2.63. The van der Waals surface area contributed by atoms with Gasteiger partial charge in [0.2, 0.25) is 0 Å². The van der Waals surface area contributed by atoms with Crippen LogP contribution in [0.3, 0.4) is 0 Å². The van der Waals surface area contributed by atoms with Gasteiger partial charge in [-0.05, 0) is 43.0 Å². The van der Waals surface area contributed by atoms with Crippen LogP contribution in [0.2, 0.25) is 0 Å². The lowest BCUT2D eigenvalue weighted by atomic mass is 9.94. The molecule has 2 N–H and O–H groups in total. The molecule has 0 spiro atoms. The molecule has 124 valence electrons. The Labute approximate surface area is 144 Å². The van der Waals surface area contributed by atoms with Crippen molar-refractivity contribution in [1.29, 1.82) is 0 Å². The maximum Gasteiger partial charge on any atom is 0.251 e. The second-order valence-electron chi connectivity index (χ2n) is 5.85. The standard InChI is InChI=1S/C19H19NO3S/c1-13-5-6-14(2)16(10-13)18(21)20-12-19(22,15-7-8-23-11-15)17-4-3-9-24-17/h3-11,22H,12H2,1-2H3,(H,20,21)/t19-/m1/s1. The lowest BCUT2D eigenvalue weighted by Crippen LogP contribution is -2.41. The van der Waals surface area contributed by atoms with Crippen molar-refractivity contribution in [3.63, 3.8) is 0 Å². The third-order valence-corrected chi connectivity index (χ3v) is 5.09. The molecule has 0 aliphatic heterocycles. The molecule has 4 nitrogen and oxygen atoms in total. The van der Waals surface area contributed by atoms with Gasteiger partial charge in [0.05, 0.1) is 19.1 Å². The highest BCUT2D eigenvalue weighted by Gasteiger charge is 2.34. The van der Waals surface area contributed by atoms with Crippen molar-refractivity contribution in [2.24, 2.45) is 0 Å². The van der Waals surface area contributed by atoms with Crippen molar-refractivity contribution in [2.75, 3.05) is 6.54 Å². The summed E-state index contributed by atoms with van der Waals surface area (Å²) in [5.74, 6) is -0.199. The number of carbonyl (C=O) groups is 1. The van der Waals surface area contributed by atoms with Crippen LogP contribution in [0.5, 0.6) is 0 Å². The molecule has 0 fully saturated rings. The SMILES string of the molecule is Cc1ccc(C)c(C(=O)NC[C@@](O)(c2ccoc2)c2cccs2)c1. The van der Waals surface area contributed by atoms with Gasteiger partial charge in [0.25, 0.3) is 5.91 Å². The Morgan fingerprint density at radius 3 is 2.79 bits per heavy atom. The van der Waals surface area contributed by atoms with Crippen LogP contribution in [0.4, 0.5) is 0 Å². The molecule has 2 aromatic heterocycles. The molecule has 1 amide bonds. The second kappa shape index (κ2) is 6.63. The summed E-state index contributed by atoms with van der Waals surface area (Å²) in [4.78, 5) is 13.3. The van der Waals surface area contributed by atoms with Crippen LogP contribution in [0.25, 0.3) is 0 Å². The monoisotopic (exact) mass is 341 g/mol. The highest BCUT2D eigenvalue weighted by atomic mass is 32.1. The molecule has 5 heteroatoms. The summed E-state index contributed by atoms with van der Waals surface area (Å²) in [6.07, 6.45) is 3.02. The number of rotatable bonds is 5. The van der Waals surface area contributed by atoms with E-state index in [2.05, 4.69) is 5.32 Å². The van der Waals surface area contributed by atoms with Crippen LogP contribution in [-0.4, -0.2) is 17.6 Å². The summed E-state index contributed by atoms with van der Waals surface area (Å²) in [5, 5.41) is 15.9. The minimum Gasteiger partial charge on any atom is -0.472 e. The molecule has 0 saturated carbocycles. The number of aliphatic hydroxyl groups is 1. The largest absolute Gasteiger partial charge is 0.472 e. The molecular weight excluding hydrogens is 322 g/mol. The molecule has 3 rings (SSSR count). The number of thiophene rings is 1. The third kappa shape index (κ3) is 3.13. The summed E-state index contributed by atoms with van der Waals surface area (Å²) >= 11 is 1.44. The fourth-order valence-corrected chi connectivity index (χ4v) is 3.47. The van der Waals surface area contributed by atoms with Crippen molar-refractivity contribution in [1.82, 2.24) is 5.32 Å². The van der Waals surface area contributed by atoms with Gasteiger partial charge in [-0.15, -0.1) is 11.3 Å². The minimum absolute atomic E-state index is 0.0687. The summed E-state index contributed by atoms with van der Waals surface area (Å²) in [7, 11) is 0. The van der Waals surface area contributed by atoms with Gasteiger partial charge in [-0.2, -0.15) is 0 Å². The Bertz CT molecular complexity index is 788. The maximum absolute atomic E-state index is 12.6. The van der Waals surface area contributed by atoms with Crippen LogP contribution in [-0.2, 0) is 5.60 Å². The average molecular weight is 341 g/mol. The molecule has 0 unspecified atom stereocenters. The zero-order valence-corrected chi connectivity index (χ0v) is 14.4. The molecule has 3 aromatic rings. The number of benzene rings is 1. The van der Waals surface area contributed by atoms with E-state index in [-0.39, 0.29) is 12.5 Å². The average Bonchev–Trinajstić information content (AvgIpc) is 3.28. The molecule has 2 heterocycles. The first-order valence-corrected chi connectivity index (χ1v) is 8.53. The third-order valence-electron chi connectivity index (χ3n) is 4.07. The smallest absolute Gasteiger partial charge is 0.251 e. The van der Waals surface area contributed by atoms with Crippen molar-refractivity contribution < 1.29 is 14.3 Å². The lowest BCUT2D eigenvalue weighted by molar-refractivity contribution is 0.0714. The first kappa shape index (κ1) is 16.5. The van der Waals surface area contributed by atoms with E-state index in [0.717, 1.165) is 16.0 Å². The van der Waals surface area contributed by atoms with Crippen LogP contribution >= 0.6 is 11.3 Å². The van der Waals surface area contributed by atoms with Gasteiger partial charge in [0, 0.05) is 16.0 Å². The first-order chi connectivity index (χ1) is 11.5. The molecular formula is C19H19NO3S. The van der Waals surface area contributed by atoms with E-state index in [1.54, 1.807) is 6.07 Å². The van der Waals surface area contributed by atoms with E-state index in [9.17, 15) is 9.90 Å². The van der Waals surface area contributed by atoms with Crippen LogP contribution in [0.15, 0.2) is 58.7 Å². The molecule has 0 aliphatic carbocycles. The van der Waals surface area contributed by atoms with Gasteiger partial charge in [-0.3, -0.25) is 4.79 Å². The van der Waals surface area contributed by atoms with Gasteiger partial charge >= 0.3 is 0 Å². The molecule has 1 aromatic carbocycles. The van der Waals surface area contributed by atoms with Crippen LogP contribution in [0.1, 0.15) is 31.9 Å². The maximum atomic E-state index is 12.6. The van der Waals surface area contributed by atoms with Gasteiger partial charge < -0.3 is 14.8 Å². The van der Waals surface area contributed by atoms with E-state index in [0.29, 0.717) is 11.1 Å². The number of furan rings is 1. The van der Waals surface area contributed by atoms with Crippen molar-refractivity contribution in [3.05, 3.63) is 81.4 Å². The Balaban J connectivity index is 1.85. The van der Waals surface area contributed by atoms with E-state index in [1.165, 1.54) is 23.9 Å². The zero-order valence-electron chi connectivity index (χ0n) is 13.6. The number of amides is 1. The van der Waals surface area contributed by atoms with Crippen molar-refractivity contribution in [2.45, 2.75) is 19.4 Å². The molecule has 0 radical (unpaired) electrons. The fraction of sp³-hybridized carbons (Fsp3) is 0.211. The number of aryl methyl sites for hydroxylation is 2. The molecule has 0 aliphatic rings. The summed E-state index contributed by atoms with van der Waals surface area (Å²) in [5.41, 5.74) is 1.85. The van der Waals surface area contributed by atoms with E-state index in [4.69, 9.17) is 4.42 Å². The predicted molar refractivity (Wildman–Crippen MR) is 94.3 cm³/mol. The Kier molecular flexibility index (Phi) is 4.55. The van der Waals surface area contributed by atoms with Crippen molar-refractivity contribution in [3.8, 4) is 0 Å². The number of carbonyl (C=O) groups excluding carboxylic acids is 1. The normalized spacial score (nSPS) is 13.5. The molecule has 0 saturated heterocycles. The quantitative estimate of drug-likeness (QED) is 0.745. The second-order valence-corrected chi connectivity index (χ2v) is 6.80. The van der Waals surface area contributed by atoms with E-state index < -0.39 is 5.60 Å². The zero-order chi connectivity index (χ0) is 17.2. The van der Waals surface area contributed by atoms with Crippen molar-refractivity contribution >= 4 is 17.2 Å². The van der Waals surface area contributed by atoms with E-state index >= 15 is 0 Å². The van der Waals surface area contributed by atoms with Gasteiger partial charge in [0.1, 0.15) is 5.60 Å². The van der Waals surface area contributed by atoms with Crippen LogP contribution in [0, 0.1) is 13.8 Å². The highest BCUT2D eigenvalue weighted by Crippen LogP contribution is 2.32. The predicted octanol–water partition coefficient (Wildman–Crippen LogP) is 3.62. The Morgan fingerprint density at radius 1 is 1.29 bits per heavy atom. The highest BCUT2D eigenvalue weighted by molar-refractivity contribution is 7.10.